The van der Waals surface area contributed by atoms with Crippen LogP contribution in [0.3, 0.4) is 0 Å². The zero-order chi connectivity index (χ0) is 21.1. The number of hydrogen-bond acceptors (Lipinski definition) is 2. The SMILES string of the molecule is CC12CC3CC(C)(C1)CC(NCCOCCn1c4ccccc4c4ccccc41)(C3)C2.Cl. The van der Waals surface area contributed by atoms with Crippen molar-refractivity contribution in [1.82, 2.24) is 9.88 Å². The molecule has 0 radical (unpaired) electrons. The van der Waals surface area contributed by atoms with Crippen molar-refractivity contribution in [2.45, 2.75) is 64.5 Å². The summed E-state index contributed by atoms with van der Waals surface area (Å²) in [4.78, 5) is 0. The summed E-state index contributed by atoms with van der Waals surface area (Å²) in [5.41, 5.74) is 4.12. The van der Waals surface area contributed by atoms with Crippen molar-refractivity contribution in [3.05, 3.63) is 48.5 Å². The monoisotopic (exact) mass is 452 g/mol. The molecular formula is C28H37ClN2O. The molecule has 0 amide bonds. The lowest BCUT2D eigenvalue weighted by atomic mass is 9.43. The van der Waals surface area contributed by atoms with Gasteiger partial charge in [-0.05, 0) is 67.4 Å². The van der Waals surface area contributed by atoms with E-state index in [-0.39, 0.29) is 12.4 Å². The van der Waals surface area contributed by atoms with Crippen molar-refractivity contribution in [3.63, 3.8) is 0 Å². The molecule has 1 heterocycles. The number of rotatable bonds is 7. The Bertz CT molecular complexity index is 1050. The van der Waals surface area contributed by atoms with E-state index in [1.807, 2.05) is 0 Å². The van der Waals surface area contributed by atoms with Crippen molar-refractivity contribution in [2.24, 2.45) is 16.7 Å². The molecule has 7 rings (SSSR count). The standard InChI is InChI=1S/C28H36N2O.ClH/c1-26-15-21-16-27(2,18-26)20-28(17-21,19-26)29-11-13-31-14-12-30-24-9-5-3-7-22(24)23-8-4-6-10-25(23)30;/h3-10,21,29H,11-20H2,1-2H3;1H. The first-order valence-electron chi connectivity index (χ1n) is 12.3. The average Bonchev–Trinajstić information content (AvgIpc) is 3.02. The van der Waals surface area contributed by atoms with Crippen molar-refractivity contribution in [1.29, 1.82) is 0 Å². The first-order valence-corrected chi connectivity index (χ1v) is 12.3. The Kier molecular flexibility index (Phi) is 5.59. The molecule has 0 spiro atoms. The predicted octanol–water partition coefficient (Wildman–Crippen LogP) is 6.57. The second kappa shape index (κ2) is 8.04. The summed E-state index contributed by atoms with van der Waals surface area (Å²) < 4.78 is 8.55. The van der Waals surface area contributed by atoms with Crippen LogP contribution in [0, 0.1) is 16.7 Å². The van der Waals surface area contributed by atoms with Gasteiger partial charge < -0.3 is 14.6 Å². The molecule has 2 atom stereocenters. The van der Waals surface area contributed by atoms with E-state index in [2.05, 4.69) is 72.3 Å². The Balaban J connectivity index is 0.00000216. The van der Waals surface area contributed by atoms with Gasteiger partial charge in [-0.2, -0.15) is 0 Å². The maximum Gasteiger partial charge on any atom is 0.0646 e. The number of fused-ring (bicyclic) bond motifs is 3. The van der Waals surface area contributed by atoms with Crippen LogP contribution in [-0.2, 0) is 11.3 Å². The van der Waals surface area contributed by atoms with Crippen LogP contribution in [0.5, 0.6) is 0 Å². The summed E-state index contributed by atoms with van der Waals surface area (Å²) in [5, 5.41) is 6.67. The van der Waals surface area contributed by atoms with Gasteiger partial charge in [-0.1, -0.05) is 50.2 Å². The van der Waals surface area contributed by atoms with E-state index >= 15 is 0 Å². The van der Waals surface area contributed by atoms with E-state index in [4.69, 9.17) is 4.74 Å². The van der Waals surface area contributed by atoms with Gasteiger partial charge in [-0.15, -0.1) is 12.4 Å². The molecule has 0 aliphatic heterocycles. The van der Waals surface area contributed by atoms with Crippen molar-refractivity contribution >= 4 is 34.2 Å². The van der Waals surface area contributed by atoms with Crippen LogP contribution in [0.15, 0.2) is 48.5 Å². The fraction of sp³-hybridized carbons (Fsp3) is 0.571. The van der Waals surface area contributed by atoms with E-state index in [1.54, 1.807) is 0 Å². The normalized spacial score (nSPS) is 33.1. The topological polar surface area (TPSA) is 26.2 Å². The van der Waals surface area contributed by atoms with Gasteiger partial charge in [0, 0.05) is 40.4 Å². The highest BCUT2D eigenvalue weighted by molar-refractivity contribution is 6.07. The van der Waals surface area contributed by atoms with E-state index in [0.717, 1.165) is 32.2 Å². The van der Waals surface area contributed by atoms with Gasteiger partial charge in [0.15, 0.2) is 0 Å². The highest BCUT2D eigenvalue weighted by Crippen LogP contribution is 2.66. The Hall–Kier alpha value is -1.55. The Morgan fingerprint density at radius 1 is 0.844 bits per heavy atom. The van der Waals surface area contributed by atoms with E-state index in [9.17, 15) is 0 Å². The molecule has 4 fully saturated rings. The summed E-state index contributed by atoms with van der Waals surface area (Å²) in [6, 6.07) is 17.4. The zero-order valence-electron chi connectivity index (χ0n) is 19.5. The minimum absolute atomic E-state index is 0. The first-order chi connectivity index (χ1) is 15.0. The molecule has 2 aromatic carbocycles. The molecule has 3 aromatic rings. The molecule has 4 bridgehead atoms. The molecule has 4 aliphatic rings. The predicted molar refractivity (Wildman–Crippen MR) is 136 cm³/mol. The van der Waals surface area contributed by atoms with Gasteiger partial charge in [0.1, 0.15) is 0 Å². The highest BCUT2D eigenvalue weighted by Gasteiger charge is 2.59. The number of hydrogen-bond donors (Lipinski definition) is 1. The highest BCUT2D eigenvalue weighted by atomic mass is 35.5. The molecule has 172 valence electrons. The van der Waals surface area contributed by atoms with Crippen LogP contribution in [0.4, 0.5) is 0 Å². The lowest BCUT2D eigenvalue weighted by Gasteiger charge is -2.65. The van der Waals surface area contributed by atoms with Gasteiger partial charge in [-0.3, -0.25) is 0 Å². The van der Waals surface area contributed by atoms with Crippen molar-refractivity contribution < 1.29 is 4.74 Å². The lowest BCUT2D eigenvalue weighted by molar-refractivity contribution is -0.118. The minimum atomic E-state index is 0. The maximum absolute atomic E-state index is 6.14. The number of benzene rings is 2. The number of nitrogens with zero attached hydrogens (tertiary/aromatic N) is 1. The summed E-state index contributed by atoms with van der Waals surface area (Å²) in [5.74, 6) is 0.940. The number of para-hydroxylation sites is 2. The van der Waals surface area contributed by atoms with Crippen LogP contribution in [0.25, 0.3) is 21.8 Å². The van der Waals surface area contributed by atoms with Gasteiger partial charge in [0.05, 0.1) is 13.2 Å². The summed E-state index contributed by atoms with van der Waals surface area (Å²) >= 11 is 0. The lowest BCUT2D eigenvalue weighted by Crippen LogP contribution is -2.64. The third-order valence-corrected chi connectivity index (χ3v) is 8.51. The van der Waals surface area contributed by atoms with E-state index in [0.29, 0.717) is 16.4 Å². The largest absolute Gasteiger partial charge is 0.378 e. The molecule has 1 aromatic heterocycles. The Morgan fingerprint density at radius 2 is 1.44 bits per heavy atom. The van der Waals surface area contributed by atoms with Crippen LogP contribution in [0.2, 0.25) is 0 Å². The number of aromatic nitrogens is 1. The van der Waals surface area contributed by atoms with E-state index < -0.39 is 0 Å². The average molecular weight is 453 g/mol. The number of nitrogens with one attached hydrogen (secondary N) is 1. The molecule has 0 saturated heterocycles. The molecule has 2 unspecified atom stereocenters. The van der Waals surface area contributed by atoms with Crippen molar-refractivity contribution in [2.75, 3.05) is 19.8 Å². The first kappa shape index (κ1) is 22.3. The molecule has 4 aliphatic carbocycles. The summed E-state index contributed by atoms with van der Waals surface area (Å²) in [7, 11) is 0. The summed E-state index contributed by atoms with van der Waals surface area (Å²) in [6.07, 6.45) is 8.48. The summed E-state index contributed by atoms with van der Waals surface area (Å²) in [6.45, 7) is 8.54. The smallest absolute Gasteiger partial charge is 0.0646 e. The quantitative estimate of drug-likeness (QED) is 0.410. The second-order valence-electron chi connectivity index (χ2n) is 11.6. The van der Waals surface area contributed by atoms with Crippen LogP contribution in [-0.4, -0.2) is 29.9 Å². The van der Waals surface area contributed by atoms with Gasteiger partial charge >= 0.3 is 0 Å². The molecule has 4 heteroatoms. The molecule has 1 N–H and O–H groups in total. The zero-order valence-corrected chi connectivity index (χ0v) is 20.3. The molecule has 3 nitrogen and oxygen atoms in total. The number of ether oxygens (including phenoxy) is 1. The van der Waals surface area contributed by atoms with Crippen molar-refractivity contribution in [3.8, 4) is 0 Å². The molecular weight excluding hydrogens is 416 g/mol. The molecule has 4 saturated carbocycles. The van der Waals surface area contributed by atoms with Gasteiger partial charge in [0.25, 0.3) is 0 Å². The van der Waals surface area contributed by atoms with Crippen LogP contribution >= 0.6 is 12.4 Å². The molecule has 32 heavy (non-hydrogen) atoms. The second-order valence-corrected chi connectivity index (χ2v) is 11.6. The third kappa shape index (κ3) is 3.77. The maximum atomic E-state index is 6.14. The minimum Gasteiger partial charge on any atom is -0.378 e. The van der Waals surface area contributed by atoms with E-state index in [1.165, 1.54) is 60.3 Å². The Labute approximate surface area is 198 Å². The Morgan fingerprint density at radius 3 is 2.03 bits per heavy atom. The third-order valence-electron chi connectivity index (χ3n) is 8.51. The van der Waals surface area contributed by atoms with Crippen LogP contribution < -0.4 is 5.32 Å². The fourth-order valence-electron chi connectivity index (χ4n) is 8.54. The van der Waals surface area contributed by atoms with Gasteiger partial charge in [0.2, 0.25) is 0 Å². The fourth-order valence-corrected chi connectivity index (χ4v) is 8.54. The number of halogens is 1. The van der Waals surface area contributed by atoms with Crippen LogP contribution in [0.1, 0.15) is 52.4 Å². The van der Waals surface area contributed by atoms with Gasteiger partial charge in [-0.25, -0.2) is 0 Å².